The van der Waals surface area contributed by atoms with E-state index >= 15 is 0 Å². The van der Waals surface area contributed by atoms with Gasteiger partial charge in [0.1, 0.15) is 0 Å². The standard InChI is InChI=1S/2C11H21NO/c2*1-4-7-9-12(10-8-5-2)11(13)6-3/h2*6H,3-5,7-10H2,1-2H3. The molecule has 0 rings (SSSR count). The van der Waals surface area contributed by atoms with Crippen LogP contribution in [0.2, 0.25) is 0 Å². The Balaban J connectivity index is 0. The van der Waals surface area contributed by atoms with Crippen LogP contribution in [0.5, 0.6) is 0 Å². The molecule has 0 aliphatic heterocycles. The zero-order valence-corrected chi connectivity index (χ0v) is 17.8. The molecular formula is C22H42N2O2. The fourth-order valence-corrected chi connectivity index (χ4v) is 2.32. The maximum absolute atomic E-state index is 11.3. The van der Waals surface area contributed by atoms with Crippen molar-refractivity contribution in [2.75, 3.05) is 26.2 Å². The highest BCUT2D eigenvalue weighted by Gasteiger charge is 2.08. The monoisotopic (exact) mass is 366 g/mol. The van der Waals surface area contributed by atoms with Crippen LogP contribution in [0.1, 0.15) is 79.1 Å². The molecule has 0 heterocycles. The summed E-state index contributed by atoms with van der Waals surface area (Å²) in [4.78, 5) is 26.4. The minimum absolute atomic E-state index is 0.0712. The summed E-state index contributed by atoms with van der Waals surface area (Å²) in [7, 11) is 0. The molecule has 0 atom stereocenters. The molecule has 4 nitrogen and oxygen atoms in total. The van der Waals surface area contributed by atoms with E-state index in [9.17, 15) is 9.59 Å². The maximum Gasteiger partial charge on any atom is 0.245 e. The summed E-state index contributed by atoms with van der Waals surface area (Å²) in [5.41, 5.74) is 0. The molecule has 2 amide bonds. The molecule has 0 spiro atoms. The first-order valence-corrected chi connectivity index (χ1v) is 10.3. The van der Waals surface area contributed by atoms with E-state index in [0.717, 1.165) is 77.5 Å². The minimum Gasteiger partial charge on any atom is -0.339 e. The van der Waals surface area contributed by atoms with E-state index < -0.39 is 0 Å². The van der Waals surface area contributed by atoms with Crippen LogP contribution in [-0.4, -0.2) is 47.8 Å². The molecule has 0 radical (unpaired) electrons. The van der Waals surface area contributed by atoms with Gasteiger partial charge < -0.3 is 9.80 Å². The third-order valence-electron chi connectivity index (χ3n) is 4.10. The number of rotatable bonds is 14. The van der Waals surface area contributed by atoms with Crippen molar-refractivity contribution in [3.63, 3.8) is 0 Å². The summed E-state index contributed by atoms with van der Waals surface area (Å²) >= 11 is 0. The minimum atomic E-state index is 0.0712. The van der Waals surface area contributed by atoms with Crippen LogP contribution in [0.4, 0.5) is 0 Å². The largest absolute Gasteiger partial charge is 0.339 e. The zero-order valence-electron chi connectivity index (χ0n) is 17.8. The number of nitrogens with zero attached hydrogens (tertiary/aromatic N) is 2. The highest BCUT2D eigenvalue weighted by molar-refractivity contribution is 5.87. The summed E-state index contributed by atoms with van der Waals surface area (Å²) < 4.78 is 0. The summed E-state index contributed by atoms with van der Waals surface area (Å²) in [6.45, 7) is 19.1. The molecule has 0 bridgehead atoms. The van der Waals surface area contributed by atoms with Gasteiger partial charge in [-0.25, -0.2) is 0 Å². The van der Waals surface area contributed by atoms with Gasteiger partial charge in [-0.1, -0.05) is 66.5 Å². The van der Waals surface area contributed by atoms with Gasteiger partial charge in [-0.15, -0.1) is 0 Å². The molecule has 26 heavy (non-hydrogen) atoms. The molecule has 0 aliphatic rings. The van der Waals surface area contributed by atoms with Crippen molar-refractivity contribution < 1.29 is 9.59 Å². The van der Waals surface area contributed by atoms with Crippen LogP contribution >= 0.6 is 0 Å². The van der Waals surface area contributed by atoms with Gasteiger partial charge in [-0.2, -0.15) is 0 Å². The molecule has 0 aromatic rings. The molecular weight excluding hydrogens is 324 g/mol. The van der Waals surface area contributed by atoms with Crippen molar-refractivity contribution in [1.82, 2.24) is 9.80 Å². The molecule has 0 fully saturated rings. The van der Waals surface area contributed by atoms with Crippen LogP contribution in [-0.2, 0) is 9.59 Å². The lowest BCUT2D eigenvalue weighted by molar-refractivity contribution is -0.127. The Morgan fingerprint density at radius 2 is 0.846 bits per heavy atom. The number of hydrogen-bond acceptors (Lipinski definition) is 2. The third kappa shape index (κ3) is 14.7. The van der Waals surface area contributed by atoms with Crippen molar-refractivity contribution in [3.05, 3.63) is 25.3 Å². The summed E-state index contributed by atoms with van der Waals surface area (Å²) in [5, 5.41) is 0. The van der Waals surface area contributed by atoms with Gasteiger partial charge in [0, 0.05) is 26.2 Å². The van der Waals surface area contributed by atoms with Crippen LogP contribution in [0.25, 0.3) is 0 Å². The molecule has 0 aromatic heterocycles. The van der Waals surface area contributed by atoms with Gasteiger partial charge in [0.15, 0.2) is 0 Å². The molecule has 0 saturated carbocycles. The second kappa shape index (κ2) is 19.7. The predicted molar refractivity (Wildman–Crippen MR) is 113 cm³/mol. The zero-order chi connectivity index (χ0) is 20.2. The lowest BCUT2D eigenvalue weighted by Gasteiger charge is -2.20. The lowest BCUT2D eigenvalue weighted by Crippen LogP contribution is -2.31. The van der Waals surface area contributed by atoms with Gasteiger partial charge >= 0.3 is 0 Å². The van der Waals surface area contributed by atoms with Gasteiger partial charge in [0.05, 0.1) is 0 Å². The van der Waals surface area contributed by atoms with E-state index in [2.05, 4.69) is 40.9 Å². The third-order valence-corrected chi connectivity index (χ3v) is 4.10. The normalized spacial score (nSPS) is 9.69. The van der Waals surface area contributed by atoms with Crippen LogP contribution < -0.4 is 0 Å². The van der Waals surface area contributed by atoms with Crippen molar-refractivity contribution in [2.45, 2.75) is 79.1 Å². The molecule has 0 aromatic carbocycles. The fourth-order valence-electron chi connectivity index (χ4n) is 2.32. The molecule has 152 valence electrons. The highest BCUT2D eigenvalue weighted by Crippen LogP contribution is 2.01. The number of amides is 2. The highest BCUT2D eigenvalue weighted by atomic mass is 16.2. The Morgan fingerprint density at radius 1 is 0.615 bits per heavy atom. The van der Waals surface area contributed by atoms with Gasteiger partial charge in [0.2, 0.25) is 11.8 Å². The van der Waals surface area contributed by atoms with Gasteiger partial charge in [-0.05, 0) is 37.8 Å². The Morgan fingerprint density at radius 3 is 1.00 bits per heavy atom. The van der Waals surface area contributed by atoms with Crippen LogP contribution in [0.3, 0.4) is 0 Å². The second-order valence-electron chi connectivity index (χ2n) is 6.47. The quantitative estimate of drug-likeness (QED) is 0.396. The van der Waals surface area contributed by atoms with E-state index in [1.54, 1.807) is 0 Å². The molecule has 0 aliphatic carbocycles. The van der Waals surface area contributed by atoms with Gasteiger partial charge in [0.25, 0.3) is 0 Å². The Bertz CT molecular complexity index is 328. The summed E-state index contributed by atoms with van der Waals surface area (Å²) in [6, 6.07) is 0. The summed E-state index contributed by atoms with van der Waals surface area (Å²) in [5.74, 6) is 0.142. The lowest BCUT2D eigenvalue weighted by atomic mass is 10.2. The number of carbonyl (C=O) groups is 2. The predicted octanol–water partition coefficient (Wildman–Crippen LogP) is 5.20. The molecule has 0 saturated heterocycles. The van der Waals surface area contributed by atoms with E-state index in [1.807, 2.05) is 9.80 Å². The van der Waals surface area contributed by atoms with Gasteiger partial charge in [-0.3, -0.25) is 9.59 Å². The Hall–Kier alpha value is -1.58. The van der Waals surface area contributed by atoms with Crippen molar-refractivity contribution in [3.8, 4) is 0 Å². The van der Waals surface area contributed by atoms with E-state index in [-0.39, 0.29) is 11.8 Å². The maximum atomic E-state index is 11.3. The Labute approximate surface area is 162 Å². The average molecular weight is 367 g/mol. The van der Waals surface area contributed by atoms with Crippen molar-refractivity contribution >= 4 is 11.8 Å². The van der Waals surface area contributed by atoms with Crippen molar-refractivity contribution in [1.29, 1.82) is 0 Å². The molecule has 0 unspecified atom stereocenters. The SMILES string of the molecule is C=CC(=O)N(CCCC)CCCC.C=CC(=O)N(CCCC)CCCC. The van der Waals surface area contributed by atoms with Crippen LogP contribution in [0, 0.1) is 0 Å². The van der Waals surface area contributed by atoms with E-state index in [1.165, 1.54) is 12.2 Å². The first kappa shape index (κ1) is 26.6. The van der Waals surface area contributed by atoms with Crippen LogP contribution in [0.15, 0.2) is 25.3 Å². The first-order valence-electron chi connectivity index (χ1n) is 10.3. The second-order valence-corrected chi connectivity index (χ2v) is 6.47. The fraction of sp³-hybridized carbons (Fsp3) is 0.727. The van der Waals surface area contributed by atoms with Crippen molar-refractivity contribution in [2.24, 2.45) is 0 Å². The smallest absolute Gasteiger partial charge is 0.245 e. The van der Waals surface area contributed by atoms with E-state index in [0.29, 0.717) is 0 Å². The number of hydrogen-bond donors (Lipinski definition) is 0. The molecule has 4 heteroatoms. The Kier molecular flexibility index (Phi) is 20.2. The topological polar surface area (TPSA) is 40.6 Å². The summed E-state index contributed by atoms with van der Waals surface area (Å²) in [6.07, 6.45) is 11.7. The average Bonchev–Trinajstić information content (AvgIpc) is 2.67. The molecule has 0 N–H and O–H groups in total. The number of unbranched alkanes of at least 4 members (excludes halogenated alkanes) is 4. The number of carbonyl (C=O) groups excluding carboxylic acids is 2. The first-order chi connectivity index (χ1) is 12.5. The van der Waals surface area contributed by atoms with E-state index in [4.69, 9.17) is 0 Å².